The van der Waals surface area contributed by atoms with Gasteiger partial charge in [0.2, 0.25) is 5.91 Å². The second kappa shape index (κ2) is 5.82. The van der Waals surface area contributed by atoms with Crippen LogP contribution >= 0.6 is 22.9 Å². The molecule has 0 aromatic carbocycles. The average Bonchev–Trinajstić information content (AvgIpc) is 2.94. The quantitative estimate of drug-likeness (QED) is 0.869. The lowest BCUT2D eigenvalue weighted by Crippen LogP contribution is -2.42. The van der Waals surface area contributed by atoms with Crippen LogP contribution in [0, 0.1) is 5.92 Å². The van der Waals surface area contributed by atoms with Crippen LogP contribution in [-0.2, 0) is 16.1 Å². The van der Waals surface area contributed by atoms with Gasteiger partial charge in [-0.25, -0.2) is 0 Å². The highest BCUT2D eigenvalue weighted by atomic mass is 35.5. The SMILES string of the molecule is CNC1COCC1C(=O)NCc1ccc(Cl)s1. The van der Waals surface area contributed by atoms with E-state index in [-0.39, 0.29) is 17.9 Å². The molecule has 1 aromatic rings. The Kier molecular flexibility index (Phi) is 4.39. The van der Waals surface area contributed by atoms with Crippen molar-refractivity contribution in [2.75, 3.05) is 20.3 Å². The van der Waals surface area contributed by atoms with Gasteiger partial charge in [-0.2, -0.15) is 0 Å². The van der Waals surface area contributed by atoms with Crippen LogP contribution in [0.5, 0.6) is 0 Å². The number of hydrogen-bond donors (Lipinski definition) is 2. The molecule has 2 N–H and O–H groups in total. The van der Waals surface area contributed by atoms with E-state index >= 15 is 0 Å². The standard InChI is InChI=1S/C11H15ClN2O2S/c1-13-9-6-16-5-8(9)11(15)14-4-7-2-3-10(12)17-7/h2-3,8-9,13H,4-6H2,1H3,(H,14,15). The fraction of sp³-hybridized carbons (Fsp3) is 0.545. The Labute approximate surface area is 109 Å². The minimum absolute atomic E-state index is 0.0337. The van der Waals surface area contributed by atoms with Crippen molar-refractivity contribution in [3.63, 3.8) is 0 Å². The Balaban J connectivity index is 1.84. The smallest absolute Gasteiger partial charge is 0.227 e. The van der Waals surface area contributed by atoms with Crippen molar-refractivity contribution in [1.82, 2.24) is 10.6 Å². The Morgan fingerprint density at radius 1 is 1.59 bits per heavy atom. The third-order valence-corrected chi connectivity index (χ3v) is 4.08. The van der Waals surface area contributed by atoms with E-state index in [1.165, 1.54) is 11.3 Å². The highest BCUT2D eigenvalue weighted by molar-refractivity contribution is 7.16. The summed E-state index contributed by atoms with van der Waals surface area (Å²) < 4.78 is 6.04. The molecular weight excluding hydrogens is 260 g/mol. The molecule has 1 aliphatic heterocycles. The van der Waals surface area contributed by atoms with Crippen LogP contribution in [0.2, 0.25) is 4.34 Å². The van der Waals surface area contributed by atoms with E-state index in [9.17, 15) is 4.79 Å². The molecule has 1 aromatic heterocycles. The van der Waals surface area contributed by atoms with Gasteiger partial charge in [-0.05, 0) is 19.2 Å². The molecule has 1 amide bonds. The molecule has 0 radical (unpaired) electrons. The molecule has 0 aliphatic carbocycles. The molecule has 1 aliphatic rings. The highest BCUT2D eigenvalue weighted by Crippen LogP contribution is 2.21. The Bertz CT molecular complexity index is 397. The Hall–Kier alpha value is -0.620. The van der Waals surface area contributed by atoms with E-state index in [1.807, 2.05) is 19.2 Å². The molecule has 17 heavy (non-hydrogen) atoms. The zero-order valence-corrected chi connectivity index (χ0v) is 11.1. The van der Waals surface area contributed by atoms with Gasteiger partial charge in [0.25, 0.3) is 0 Å². The normalized spacial score (nSPS) is 23.9. The largest absolute Gasteiger partial charge is 0.379 e. The molecule has 2 heterocycles. The molecule has 4 nitrogen and oxygen atoms in total. The lowest BCUT2D eigenvalue weighted by molar-refractivity contribution is -0.125. The van der Waals surface area contributed by atoms with Gasteiger partial charge in [0.1, 0.15) is 0 Å². The third kappa shape index (κ3) is 3.19. The molecule has 0 bridgehead atoms. The van der Waals surface area contributed by atoms with Crippen molar-refractivity contribution in [1.29, 1.82) is 0 Å². The summed E-state index contributed by atoms with van der Waals surface area (Å²) in [5.74, 6) is -0.0678. The van der Waals surface area contributed by atoms with E-state index in [0.29, 0.717) is 19.8 Å². The summed E-state index contributed by atoms with van der Waals surface area (Å²) in [6, 6.07) is 3.87. The van der Waals surface area contributed by atoms with Crippen LogP contribution in [0.4, 0.5) is 0 Å². The number of halogens is 1. The summed E-state index contributed by atoms with van der Waals surface area (Å²) in [6.45, 7) is 1.62. The van der Waals surface area contributed by atoms with Gasteiger partial charge < -0.3 is 15.4 Å². The van der Waals surface area contributed by atoms with Crippen molar-refractivity contribution in [3.8, 4) is 0 Å². The van der Waals surface area contributed by atoms with Gasteiger partial charge in [0, 0.05) is 10.9 Å². The van der Waals surface area contributed by atoms with E-state index < -0.39 is 0 Å². The first kappa shape index (κ1) is 12.8. The third-order valence-electron chi connectivity index (χ3n) is 2.85. The Morgan fingerprint density at radius 2 is 2.41 bits per heavy atom. The van der Waals surface area contributed by atoms with Gasteiger partial charge in [0.15, 0.2) is 0 Å². The summed E-state index contributed by atoms with van der Waals surface area (Å²) in [7, 11) is 1.85. The van der Waals surface area contributed by atoms with Gasteiger partial charge in [-0.15, -0.1) is 11.3 Å². The number of thiophene rings is 1. The van der Waals surface area contributed by atoms with E-state index in [0.717, 1.165) is 9.21 Å². The van der Waals surface area contributed by atoms with Crippen LogP contribution in [0.25, 0.3) is 0 Å². The van der Waals surface area contributed by atoms with Crippen molar-refractivity contribution < 1.29 is 9.53 Å². The topological polar surface area (TPSA) is 50.4 Å². The van der Waals surface area contributed by atoms with Gasteiger partial charge in [-0.1, -0.05) is 11.6 Å². The first-order chi connectivity index (χ1) is 8.20. The maximum atomic E-state index is 11.9. The number of nitrogens with one attached hydrogen (secondary N) is 2. The Morgan fingerprint density at radius 3 is 3.06 bits per heavy atom. The summed E-state index contributed by atoms with van der Waals surface area (Å²) in [5, 5.41) is 6.00. The molecule has 0 saturated carbocycles. The lowest BCUT2D eigenvalue weighted by Gasteiger charge is -2.15. The van der Waals surface area contributed by atoms with E-state index in [2.05, 4.69) is 10.6 Å². The summed E-state index contributed by atoms with van der Waals surface area (Å²) >= 11 is 7.31. The molecule has 2 rings (SSSR count). The maximum absolute atomic E-state index is 11.9. The fourth-order valence-electron chi connectivity index (χ4n) is 1.85. The number of carbonyl (C=O) groups is 1. The fourth-order valence-corrected chi connectivity index (χ4v) is 2.88. The van der Waals surface area contributed by atoms with Crippen LogP contribution in [0.1, 0.15) is 4.88 Å². The monoisotopic (exact) mass is 274 g/mol. The number of carbonyl (C=O) groups excluding carboxylic acids is 1. The molecule has 94 valence electrons. The van der Waals surface area contributed by atoms with Gasteiger partial charge in [-0.3, -0.25) is 4.79 Å². The van der Waals surface area contributed by atoms with Crippen LogP contribution in [0.15, 0.2) is 12.1 Å². The first-order valence-corrected chi connectivity index (χ1v) is 6.67. The number of likely N-dealkylation sites (N-methyl/N-ethyl adjacent to an activating group) is 1. The summed E-state index contributed by atoms with van der Waals surface area (Å²) in [6.07, 6.45) is 0. The first-order valence-electron chi connectivity index (χ1n) is 5.47. The van der Waals surface area contributed by atoms with E-state index in [4.69, 9.17) is 16.3 Å². The maximum Gasteiger partial charge on any atom is 0.227 e. The van der Waals surface area contributed by atoms with Crippen LogP contribution < -0.4 is 10.6 Å². The minimum atomic E-state index is -0.101. The van der Waals surface area contributed by atoms with Crippen molar-refractivity contribution in [2.45, 2.75) is 12.6 Å². The molecule has 1 fully saturated rings. The van der Waals surface area contributed by atoms with Crippen LogP contribution in [-0.4, -0.2) is 32.2 Å². The van der Waals surface area contributed by atoms with Crippen molar-refractivity contribution in [2.24, 2.45) is 5.92 Å². The minimum Gasteiger partial charge on any atom is -0.379 e. The van der Waals surface area contributed by atoms with Crippen LogP contribution in [0.3, 0.4) is 0 Å². The van der Waals surface area contributed by atoms with Gasteiger partial charge >= 0.3 is 0 Å². The molecule has 0 spiro atoms. The second-order valence-corrected chi connectivity index (χ2v) is 5.76. The highest BCUT2D eigenvalue weighted by Gasteiger charge is 2.32. The van der Waals surface area contributed by atoms with Crippen molar-refractivity contribution >= 4 is 28.8 Å². The predicted octanol–water partition coefficient (Wildman–Crippen LogP) is 1.25. The summed E-state index contributed by atoms with van der Waals surface area (Å²) in [5.41, 5.74) is 0. The number of amides is 1. The van der Waals surface area contributed by atoms with Crippen molar-refractivity contribution in [3.05, 3.63) is 21.3 Å². The molecule has 2 atom stereocenters. The lowest BCUT2D eigenvalue weighted by atomic mass is 10.0. The molecule has 1 saturated heterocycles. The predicted molar refractivity (Wildman–Crippen MR) is 68.3 cm³/mol. The van der Waals surface area contributed by atoms with Gasteiger partial charge in [0.05, 0.1) is 30.0 Å². The number of rotatable bonds is 4. The van der Waals surface area contributed by atoms with E-state index in [1.54, 1.807) is 0 Å². The second-order valence-electron chi connectivity index (χ2n) is 3.96. The zero-order chi connectivity index (χ0) is 12.3. The number of hydrogen-bond acceptors (Lipinski definition) is 4. The molecule has 6 heteroatoms. The molecule has 2 unspecified atom stereocenters. The number of ether oxygens (including phenoxy) is 1. The summed E-state index contributed by atoms with van der Waals surface area (Å²) in [4.78, 5) is 13.0. The average molecular weight is 275 g/mol. The zero-order valence-electron chi connectivity index (χ0n) is 9.53. The molecular formula is C11H15ClN2O2S.